The van der Waals surface area contributed by atoms with Crippen molar-refractivity contribution in [3.05, 3.63) is 35.9 Å². The van der Waals surface area contributed by atoms with Crippen LogP contribution in [0.15, 0.2) is 30.3 Å². The maximum absolute atomic E-state index is 7.75. The molecule has 1 nitrogen and oxygen atoms in total. The quantitative estimate of drug-likeness (QED) is 0.618. The molecular weight excluding hydrogens is 134 g/mol. The van der Waals surface area contributed by atoms with Gasteiger partial charge in [-0.2, -0.15) is 0 Å². The molecule has 0 heterocycles. The molecule has 0 saturated heterocycles. The van der Waals surface area contributed by atoms with Gasteiger partial charge >= 0.3 is 0 Å². The van der Waals surface area contributed by atoms with Gasteiger partial charge in [0.25, 0.3) is 0 Å². The van der Waals surface area contributed by atoms with Gasteiger partial charge < -0.3 is 5.41 Å². The summed E-state index contributed by atoms with van der Waals surface area (Å²) in [7, 11) is 0. The average molecular weight is 145 g/mol. The highest BCUT2D eigenvalue weighted by Gasteiger charge is 2.26. The maximum Gasteiger partial charge on any atom is 0.0417 e. The van der Waals surface area contributed by atoms with E-state index < -0.39 is 0 Å². The van der Waals surface area contributed by atoms with Crippen molar-refractivity contribution in [2.24, 2.45) is 5.92 Å². The molecule has 1 aliphatic carbocycles. The highest BCUT2D eigenvalue weighted by Crippen LogP contribution is 2.32. The number of rotatable bonds is 2. The summed E-state index contributed by atoms with van der Waals surface area (Å²) >= 11 is 0. The van der Waals surface area contributed by atoms with E-state index in [-0.39, 0.29) is 0 Å². The van der Waals surface area contributed by atoms with Crippen LogP contribution in [-0.4, -0.2) is 5.71 Å². The van der Waals surface area contributed by atoms with Crippen molar-refractivity contribution in [3.8, 4) is 0 Å². The van der Waals surface area contributed by atoms with Gasteiger partial charge in [0.05, 0.1) is 0 Å². The molecule has 1 saturated carbocycles. The largest absolute Gasteiger partial charge is 0.304 e. The van der Waals surface area contributed by atoms with E-state index in [0.717, 1.165) is 11.3 Å². The van der Waals surface area contributed by atoms with E-state index in [4.69, 9.17) is 5.41 Å². The van der Waals surface area contributed by atoms with Gasteiger partial charge in [0.2, 0.25) is 0 Å². The molecule has 1 fully saturated rings. The van der Waals surface area contributed by atoms with E-state index >= 15 is 0 Å². The Morgan fingerprint density at radius 1 is 1.18 bits per heavy atom. The fourth-order valence-electron chi connectivity index (χ4n) is 1.23. The molecule has 1 aromatic rings. The molecular formula is C10H11N. The van der Waals surface area contributed by atoms with Gasteiger partial charge in [-0.05, 0) is 18.4 Å². The first-order valence-corrected chi connectivity index (χ1v) is 4.02. The van der Waals surface area contributed by atoms with Crippen molar-refractivity contribution in [3.63, 3.8) is 0 Å². The lowest BCUT2D eigenvalue weighted by Gasteiger charge is -1.99. The molecule has 56 valence electrons. The van der Waals surface area contributed by atoms with Crippen LogP contribution in [0.3, 0.4) is 0 Å². The third-order valence-corrected chi connectivity index (χ3v) is 2.07. The predicted molar refractivity (Wildman–Crippen MR) is 46.0 cm³/mol. The molecule has 0 amide bonds. The van der Waals surface area contributed by atoms with E-state index in [2.05, 4.69) is 0 Å². The van der Waals surface area contributed by atoms with E-state index in [9.17, 15) is 0 Å². The Labute approximate surface area is 66.6 Å². The van der Waals surface area contributed by atoms with Gasteiger partial charge in [0, 0.05) is 11.6 Å². The zero-order valence-corrected chi connectivity index (χ0v) is 6.38. The molecule has 1 aromatic carbocycles. The molecule has 0 unspecified atom stereocenters. The fourth-order valence-corrected chi connectivity index (χ4v) is 1.23. The normalized spacial score (nSPS) is 16.4. The summed E-state index contributed by atoms with van der Waals surface area (Å²) in [6, 6.07) is 10.0. The van der Waals surface area contributed by atoms with Crippen LogP contribution in [0.1, 0.15) is 18.4 Å². The van der Waals surface area contributed by atoms with E-state index in [1.165, 1.54) is 12.8 Å². The van der Waals surface area contributed by atoms with Crippen LogP contribution in [0.25, 0.3) is 0 Å². The van der Waals surface area contributed by atoms with E-state index in [0.29, 0.717) is 5.92 Å². The molecule has 0 atom stereocenters. The van der Waals surface area contributed by atoms with Crippen LogP contribution in [0.2, 0.25) is 0 Å². The van der Waals surface area contributed by atoms with Crippen LogP contribution < -0.4 is 0 Å². The minimum Gasteiger partial charge on any atom is -0.304 e. The zero-order chi connectivity index (χ0) is 7.68. The second kappa shape index (κ2) is 2.50. The van der Waals surface area contributed by atoms with Gasteiger partial charge in [-0.15, -0.1) is 0 Å². The van der Waals surface area contributed by atoms with Gasteiger partial charge in [0.15, 0.2) is 0 Å². The Balaban J connectivity index is 2.22. The van der Waals surface area contributed by atoms with Crippen molar-refractivity contribution in [1.82, 2.24) is 0 Å². The minimum absolute atomic E-state index is 0.567. The fraction of sp³-hybridized carbons (Fsp3) is 0.300. The molecule has 0 aliphatic heterocycles. The van der Waals surface area contributed by atoms with Crippen LogP contribution in [0.4, 0.5) is 0 Å². The first-order valence-electron chi connectivity index (χ1n) is 4.02. The summed E-state index contributed by atoms with van der Waals surface area (Å²) in [5.74, 6) is 0.567. The molecule has 0 aromatic heterocycles. The third kappa shape index (κ3) is 1.32. The summed E-state index contributed by atoms with van der Waals surface area (Å²) in [5, 5.41) is 7.75. The Hall–Kier alpha value is -1.11. The molecule has 11 heavy (non-hydrogen) atoms. The average Bonchev–Trinajstić information content (AvgIpc) is 2.87. The van der Waals surface area contributed by atoms with Crippen molar-refractivity contribution in [2.75, 3.05) is 0 Å². The third-order valence-electron chi connectivity index (χ3n) is 2.07. The van der Waals surface area contributed by atoms with Crippen molar-refractivity contribution >= 4 is 5.71 Å². The highest BCUT2D eigenvalue weighted by molar-refractivity contribution is 6.01. The number of hydrogen-bond donors (Lipinski definition) is 1. The zero-order valence-electron chi connectivity index (χ0n) is 6.38. The van der Waals surface area contributed by atoms with E-state index in [1.807, 2.05) is 30.3 Å². The maximum atomic E-state index is 7.75. The first kappa shape index (κ1) is 6.59. The second-order valence-corrected chi connectivity index (χ2v) is 3.05. The first-order chi connectivity index (χ1) is 5.38. The lowest BCUT2D eigenvalue weighted by molar-refractivity contribution is 1.16. The Kier molecular flexibility index (Phi) is 1.50. The molecule has 0 radical (unpaired) electrons. The van der Waals surface area contributed by atoms with Crippen LogP contribution in [-0.2, 0) is 0 Å². The SMILES string of the molecule is N=C(c1ccccc1)C1CC1. The number of hydrogen-bond acceptors (Lipinski definition) is 1. The van der Waals surface area contributed by atoms with Crippen molar-refractivity contribution in [1.29, 1.82) is 5.41 Å². The van der Waals surface area contributed by atoms with Crippen LogP contribution >= 0.6 is 0 Å². The Morgan fingerprint density at radius 2 is 1.82 bits per heavy atom. The lowest BCUT2D eigenvalue weighted by Crippen LogP contribution is -1.99. The summed E-state index contributed by atoms with van der Waals surface area (Å²) in [6.45, 7) is 0. The van der Waals surface area contributed by atoms with Crippen LogP contribution in [0.5, 0.6) is 0 Å². The molecule has 0 spiro atoms. The van der Waals surface area contributed by atoms with Gasteiger partial charge in [-0.3, -0.25) is 0 Å². The molecule has 1 N–H and O–H groups in total. The standard InChI is InChI=1S/C10H11N/c11-10(9-6-7-9)8-4-2-1-3-5-8/h1-5,9,11H,6-7H2. The van der Waals surface area contributed by atoms with Gasteiger partial charge in [-0.1, -0.05) is 30.3 Å². The van der Waals surface area contributed by atoms with Crippen molar-refractivity contribution in [2.45, 2.75) is 12.8 Å². The molecule has 0 bridgehead atoms. The Morgan fingerprint density at radius 3 is 2.36 bits per heavy atom. The second-order valence-electron chi connectivity index (χ2n) is 3.05. The Bertz CT molecular complexity index is 259. The molecule has 2 rings (SSSR count). The van der Waals surface area contributed by atoms with E-state index in [1.54, 1.807) is 0 Å². The number of nitrogens with one attached hydrogen (secondary N) is 1. The summed E-state index contributed by atoms with van der Waals surface area (Å²) in [6.07, 6.45) is 2.43. The predicted octanol–water partition coefficient (Wildman–Crippen LogP) is 2.46. The molecule has 1 aliphatic rings. The summed E-state index contributed by atoms with van der Waals surface area (Å²) in [4.78, 5) is 0. The summed E-state index contributed by atoms with van der Waals surface area (Å²) < 4.78 is 0. The van der Waals surface area contributed by atoms with Gasteiger partial charge in [-0.25, -0.2) is 0 Å². The lowest BCUT2D eigenvalue weighted by atomic mass is 10.1. The minimum atomic E-state index is 0.567. The monoisotopic (exact) mass is 145 g/mol. The highest BCUT2D eigenvalue weighted by atomic mass is 14.5. The number of benzene rings is 1. The van der Waals surface area contributed by atoms with Gasteiger partial charge in [0.1, 0.15) is 0 Å². The molecule has 1 heteroatoms. The topological polar surface area (TPSA) is 23.9 Å². The van der Waals surface area contributed by atoms with Crippen LogP contribution in [0, 0.1) is 11.3 Å². The smallest absolute Gasteiger partial charge is 0.0417 e. The summed E-state index contributed by atoms with van der Waals surface area (Å²) in [5.41, 5.74) is 1.92. The van der Waals surface area contributed by atoms with Crippen molar-refractivity contribution < 1.29 is 0 Å².